The molecule has 0 radical (unpaired) electrons. The van der Waals surface area contributed by atoms with Crippen LogP contribution in [0.25, 0.3) is 0 Å². The maximum absolute atomic E-state index is 11.4. The SMILES string of the molecule is O=c1[nH]cnc(NCc2cc3c(s2)CCC3)c1I. The average Bonchev–Trinajstić information content (AvgIpc) is 2.91. The zero-order chi connectivity index (χ0) is 12.5. The molecule has 0 amide bonds. The van der Waals surface area contributed by atoms with E-state index in [-0.39, 0.29) is 5.56 Å². The van der Waals surface area contributed by atoms with Crippen LogP contribution in [0.4, 0.5) is 5.82 Å². The third kappa shape index (κ3) is 2.31. The Balaban J connectivity index is 1.74. The summed E-state index contributed by atoms with van der Waals surface area (Å²) >= 11 is 3.89. The lowest BCUT2D eigenvalue weighted by Crippen LogP contribution is -2.14. The first-order chi connectivity index (χ1) is 8.74. The fourth-order valence-electron chi connectivity index (χ4n) is 2.15. The summed E-state index contributed by atoms with van der Waals surface area (Å²) in [6.45, 7) is 0.740. The van der Waals surface area contributed by atoms with Crippen molar-refractivity contribution in [3.63, 3.8) is 0 Å². The fourth-order valence-corrected chi connectivity index (χ4v) is 3.84. The topological polar surface area (TPSA) is 57.8 Å². The Labute approximate surface area is 122 Å². The summed E-state index contributed by atoms with van der Waals surface area (Å²) in [5.74, 6) is 0.660. The van der Waals surface area contributed by atoms with Crippen LogP contribution in [0.3, 0.4) is 0 Å². The van der Waals surface area contributed by atoms with Crippen molar-refractivity contribution in [3.8, 4) is 0 Å². The Morgan fingerprint density at radius 1 is 1.50 bits per heavy atom. The number of H-pyrrole nitrogens is 1. The number of aromatic nitrogens is 2. The quantitative estimate of drug-likeness (QED) is 0.814. The minimum Gasteiger partial charge on any atom is -0.364 e. The van der Waals surface area contributed by atoms with Crippen LogP contribution >= 0.6 is 33.9 Å². The number of rotatable bonds is 3. The van der Waals surface area contributed by atoms with Gasteiger partial charge >= 0.3 is 0 Å². The number of aromatic amines is 1. The Bertz CT molecular complexity index is 613. The van der Waals surface area contributed by atoms with E-state index in [1.165, 1.54) is 40.9 Å². The highest BCUT2D eigenvalue weighted by atomic mass is 127. The van der Waals surface area contributed by atoms with Gasteiger partial charge in [-0.25, -0.2) is 4.98 Å². The number of hydrogen-bond acceptors (Lipinski definition) is 4. The predicted molar refractivity (Wildman–Crippen MR) is 81.2 cm³/mol. The summed E-state index contributed by atoms with van der Waals surface area (Å²) in [4.78, 5) is 21.0. The van der Waals surface area contributed by atoms with Gasteiger partial charge in [0.1, 0.15) is 9.39 Å². The Hall–Kier alpha value is -0.890. The van der Waals surface area contributed by atoms with Crippen LogP contribution in [0.15, 0.2) is 17.2 Å². The van der Waals surface area contributed by atoms with Crippen molar-refractivity contribution in [2.24, 2.45) is 0 Å². The van der Waals surface area contributed by atoms with Gasteiger partial charge in [0.25, 0.3) is 5.56 Å². The summed E-state index contributed by atoms with van der Waals surface area (Å²) < 4.78 is 0.610. The van der Waals surface area contributed by atoms with E-state index in [9.17, 15) is 4.79 Å². The number of aryl methyl sites for hydroxylation is 2. The van der Waals surface area contributed by atoms with Gasteiger partial charge in [0.05, 0.1) is 12.9 Å². The zero-order valence-corrected chi connectivity index (χ0v) is 12.6. The van der Waals surface area contributed by atoms with E-state index in [4.69, 9.17) is 0 Å². The molecule has 2 aromatic rings. The highest BCUT2D eigenvalue weighted by Gasteiger charge is 2.14. The van der Waals surface area contributed by atoms with E-state index in [0.29, 0.717) is 9.39 Å². The Morgan fingerprint density at radius 2 is 2.39 bits per heavy atom. The number of anilines is 1. The van der Waals surface area contributed by atoms with Crippen molar-refractivity contribution < 1.29 is 0 Å². The van der Waals surface area contributed by atoms with Gasteiger partial charge < -0.3 is 10.3 Å². The van der Waals surface area contributed by atoms with Gasteiger partial charge in [-0.2, -0.15) is 0 Å². The van der Waals surface area contributed by atoms with Crippen LogP contribution in [-0.2, 0) is 19.4 Å². The molecule has 0 aromatic carbocycles. The molecule has 2 heterocycles. The molecule has 0 spiro atoms. The third-order valence-corrected chi connectivity index (χ3v) is 5.26. The van der Waals surface area contributed by atoms with Crippen molar-refractivity contribution in [2.75, 3.05) is 5.32 Å². The summed E-state index contributed by atoms with van der Waals surface area (Å²) in [5.41, 5.74) is 1.41. The molecule has 6 heteroatoms. The molecule has 0 aliphatic heterocycles. The van der Waals surface area contributed by atoms with Gasteiger partial charge in [0.2, 0.25) is 0 Å². The van der Waals surface area contributed by atoms with Gasteiger partial charge in [0, 0.05) is 9.75 Å². The molecule has 0 saturated carbocycles. The van der Waals surface area contributed by atoms with E-state index in [2.05, 4.69) is 21.4 Å². The lowest BCUT2D eigenvalue weighted by atomic mass is 10.2. The number of fused-ring (bicyclic) bond motifs is 1. The summed E-state index contributed by atoms with van der Waals surface area (Å²) in [6, 6.07) is 2.28. The van der Waals surface area contributed by atoms with Crippen LogP contribution in [0.1, 0.15) is 21.7 Å². The minimum atomic E-state index is -0.0956. The smallest absolute Gasteiger partial charge is 0.266 e. The van der Waals surface area contributed by atoms with Gasteiger partial charge in [0.15, 0.2) is 0 Å². The molecule has 1 aliphatic rings. The largest absolute Gasteiger partial charge is 0.364 e. The Morgan fingerprint density at radius 3 is 3.22 bits per heavy atom. The molecule has 0 atom stereocenters. The highest BCUT2D eigenvalue weighted by Crippen LogP contribution is 2.30. The van der Waals surface area contributed by atoms with E-state index < -0.39 is 0 Å². The van der Waals surface area contributed by atoms with Crippen LogP contribution in [-0.4, -0.2) is 9.97 Å². The second kappa shape index (κ2) is 5.00. The lowest BCUT2D eigenvalue weighted by Gasteiger charge is -2.04. The van der Waals surface area contributed by atoms with E-state index >= 15 is 0 Å². The molecule has 18 heavy (non-hydrogen) atoms. The molecule has 94 valence electrons. The zero-order valence-electron chi connectivity index (χ0n) is 9.62. The monoisotopic (exact) mass is 373 g/mol. The molecule has 3 rings (SSSR count). The van der Waals surface area contributed by atoms with Gasteiger partial charge in [-0.15, -0.1) is 11.3 Å². The molecule has 0 bridgehead atoms. The normalized spacial score (nSPS) is 13.6. The van der Waals surface area contributed by atoms with Crippen molar-refractivity contribution in [1.29, 1.82) is 0 Å². The van der Waals surface area contributed by atoms with Crippen LogP contribution in [0.5, 0.6) is 0 Å². The predicted octanol–water partition coefficient (Wildman–Crippen LogP) is 2.54. The minimum absolute atomic E-state index is 0.0956. The van der Waals surface area contributed by atoms with Crippen molar-refractivity contribution in [2.45, 2.75) is 25.8 Å². The first kappa shape index (κ1) is 12.2. The maximum Gasteiger partial charge on any atom is 0.266 e. The molecule has 2 N–H and O–H groups in total. The molecule has 1 aliphatic carbocycles. The number of hydrogen-bond donors (Lipinski definition) is 2. The van der Waals surface area contributed by atoms with Crippen LogP contribution < -0.4 is 10.9 Å². The highest BCUT2D eigenvalue weighted by molar-refractivity contribution is 14.1. The first-order valence-corrected chi connectivity index (χ1v) is 7.71. The molecular weight excluding hydrogens is 361 g/mol. The second-order valence-corrected chi connectivity index (χ2v) is 6.56. The van der Waals surface area contributed by atoms with Gasteiger partial charge in [-0.05, 0) is 53.5 Å². The summed E-state index contributed by atoms with van der Waals surface area (Å²) in [6.07, 6.45) is 5.16. The fraction of sp³-hybridized carbons (Fsp3) is 0.333. The average molecular weight is 373 g/mol. The molecular formula is C12H12IN3OS. The van der Waals surface area contributed by atoms with Crippen molar-refractivity contribution in [1.82, 2.24) is 9.97 Å². The summed E-state index contributed by atoms with van der Waals surface area (Å²) in [5, 5.41) is 3.23. The molecule has 2 aromatic heterocycles. The molecule has 0 unspecified atom stereocenters. The molecule has 0 saturated heterocycles. The van der Waals surface area contributed by atoms with Crippen LogP contribution in [0.2, 0.25) is 0 Å². The number of nitrogens with zero attached hydrogens (tertiary/aromatic N) is 1. The second-order valence-electron chi connectivity index (χ2n) is 4.26. The molecule has 4 nitrogen and oxygen atoms in total. The van der Waals surface area contributed by atoms with E-state index in [1.54, 1.807) is 0 Å². The number of thiophene rings is 1. The van der Waals surface area contributed by atoms with E-state index in [0.717, 1.165) is 6.54 Å². The molecule has 0 fully saturated rings. The first-order valence-electron chi connectivity index (χ1n) is 5.81. The number of nitrogens with one attached hydrogen (secondary N) is 2. The maximum atomic E-state index is 11.4. The summed E-state index contributed by atoms with van der Waals surface area (Å²) in [7, 11) is 0. The van der Waals surface area contributed by atoms with Gasteiger partial charge in [-0.3, -0.25) is 4.79 Å². The Kier molecular flexibility index (Phi) is 3.38. The van der Waals surface area contributed by atoms with E-state index in [1.807, 2.05) is 33.9 Å². The van der Waals surface area contributed by atoms with Crippen molar-refractivity contribution in [3.05, 3.63) is 41.6 Å². The lowest BCUT2D eigenvalue weighted by molar-refractivity contribution is 0.913. The van der Waals surface area contributed by atoms with Crippen molar-refractivity contribution >= 4 is 39.7 Å². The number of halogens is 1. The van der Waals surface area contributed by atoms with Gasteiger partial charge in [-0.1, -0.05) is 0 Å². The van der Waals surface area contributed by atoms with Crippen LogP contribution in [0, 0.1) is 3.57 Å². The third-order valence-electron chi connectivity index (χ3n) is 3.02. The standard InChI is InChI=1S/C12H12IN3OS/c13-10-11(15-6-16-12(10)17)14-5-8-4-7-2-1-3-9(7)18-8/h4,6H,1-3,5H2,(H2,14,15,16,17).